The number of aromatic carboxylic acids is 2. The number of carbonyl (C=O) groups is 2. The van der Waals surface area contributed by atoms with Crippen LogP contribution in [0.5, 0.6) is 0 Å². The van der Waals surface area contributed by atoms with Gasteiger partial charge in [-0.1, -0.05) is 148 Å². The van der Waals surface area contributed by atoms with Crippen LogP contribution in [0.15, 0.2) is 175 Å². The SMILES string of the molecule is CC(C)(C)c1ccc(C(c2ccc(-c3nc4cc(C(c5ccc6oc(C(C)(C)C(C)(C)c7ccc(-c8ccc(-c9nc%10cc(C(c%11ccc%12oc(C(C)(C)C)nc%12c%11)(C(F)(F)F)C(F)(F)F)ccc%10o9)cc8C(=O)O)c(C(=O)O)c7)nc6c5)(C(F)(F)F)C(F)(F)F)ccc4o3)cc2)(C(F)(F)F)C(F)(F)F)cc1. The van der Waals surface area contributed by atoms with Gasteiger partial charge in [0.2, 0.25) is 39.8 Å². The Morgan fingerprint density at radius 1 is 0.290 bits per heavy atom. The van der Waals surface area contributed by atoms with E-state index in [2.05, 4.69) is 19.9 Å². The standard InChI is InChI=1S/C77H58F18N4O8/c1-65(2,3)39-16-18-41(19-17-39)69(72(78,79)80,73(81,82)83)40-14-11-37(12-15-40)59-96-51-33-43(21-27-55(51)104-59)71(76(90,91)92,77(93,94)95)46-24-30-58-54(36-46)99-64(107-58)68(9,10)67(7,8)42-20-26-48(50(32-42)62(102)103)47-25-13-38(31-49(47)61(100)101)60-97-52-34-44(22-28-56(52)105-60)70(74(84,85)86,75(87,88)89)45-23-29-57-53(35-45)98-63(106-57)66(4,5)6/h11-36H,1-10H3,(H,100,101)(H,102,103). The van der Waals surface area contributed by atoms with E-state index < -0.39 is 165 Å². The Hall–Kier alpha value is -10.7. The first kappa shape index (κ1) is 76.0. The third-order valence-corrected chi connectivity index (χ3v) is 20.1. The maximum Gasteiger partial charge on any atom is 0.411 e. The molecular formula is C77H58F18N4O8. The number of nitrogens with zero attached hydrogens (tertiary/aromatic N) is 4. The molecule has 0 unspecified atom stereocenters. The minimum Gasteiger partial charge on any atom is -0.478 e. The maximum atomic E-state index is 15.8. The highest BCUT2D eigenvalue weighted by atomic mass is 19.4. The first-order valence-corrected chi connectivity index (χ1v) is 32.2. The van der Waals surface area contributed by atoms with Gasteiger partial charge in [-0.2, -0.15) is 79.0 Å². The van der Waals surface area contributed by atoms with Gasteiger partial charge < -0.3 is 27.9 Å². The maximum absolute atomic E-state index is 15.8. The minimum atomic E-state index is -6.22. The first-order chi connectivity index (χ1) is 49.2. The third kappa shape index (κ3) is 12.1. The molecule has 107 heavy (non-hydrogen) atoms. The summed E-state index contributed by atoms with van der Waals surface area (Å²) in [6, 6.07) is 21.0. The first-order valence-electron chi connectivity index (χ1n) is 32.2. The van der Waals surface area contributed by atoms with Crippen molar-refractivity contribution in [2.45, 2.75) is 144 Å². The Bertz CT molecular complexity index is 5460. The molecule has 0 bridgehead atoms. The van der Waals surface area contributed by atoms with Crippen LogP contribution in [0.2, 0.25) is 0 Å². The van der Waals surface area contributed by atoms with Crippen LogP contribution in [-0.2, 0) is 37.9 Å². The van der Waals surface area contributed by atoms with Crippen molar-refractivity contribution in [2.75, 3.05) is 0 Å². The van der Waals surface area contributed by atoms with E-state index in [1.807, 2.05) is 0 Å². The lowest BCUT2D eigenvalue weighted by atomic mass is 9.63. The average Bonchev–Trinajstić information content (AvgIpc) is 1.44. The summed E-state index contributed by atoms with van der Waals surface area (Å²) in [6.45, 7) is 16.3. The molecule has 12 aromatic rings. The smallest absolute Gasteiger partial charge is 0.411 e. The van der Waals surface area contributed by atoms with E-state index in [1.165, 1.54) is 38.1 Å². The zero-order valence-corrected chi connectivity index (χ0v) is 57.4. The molecule has 0 saturated heterocycles. The number of fused-ring (bicyclic) bond motifs is 4. The van der Waals surface area contributed by atoms with Crippen molar-refractivity contribution in [1.82, 2.24) is 19.9 Å². The Labute approximate surface area is 594 Å². The lowest BCUT2D eigenvalue weighted by Crippen LogP contribution is -2.54. The molecule has 30 heteroatoms. The number of hydrogen-bond donors (Lipinski definition) is 2. The highest BCUT2D eigenvalue weighted by Crippen LogP contribution is 2.61. The summed E-state index contributed by atoms with van der Waals surface area (Å²) in [4.78, 5) is 43.1. The van der Waals surface area contributed by atoms with Crippen molar-refractivity contribution in [3.63, 3.8) is 0 Å². The van der Waals surface area contributed by atoms with Crippen LogP contribution in [0.4, 0.5) is 79.0 Å². The number of oxazole rings is 4. The summed E-state index contributed by atoms with van der Waals surface area (Å²) >= 11 is 0. The van der Waals surface area contributed by atoms with Crippen molar-refractivity contribution in [2.24, 2.45) is 0 Å². The highest BCUT2D eigenvalue weighted by molar-refractivity contribution is 6.03. The average molecular weight is 1510 g/mol. The normalized spacial score (nSPS) is 13.9. The summed E-state index contributed by atoms with van der Waals surface area (Å²) in [6.07, 6.45) is -36.5. The molecule has 0 aliphatic rings. The van der Waals surface area contributed by atoms with Gasteiger partial charge in [0, 0.05) is 22.0 Å². The largest absolute Gasteiger partial charge is 0.478 e. The summed E-state index contributed by atoms with van der Waals surface area (Å²) in [5, 5.41) is 21.3. The van der Waals surface area contributed by atoms with E-state index in [-0.39, 0.29) is 61.9 Å². The predicted molar refractivity (Wildman–Crippen MR) is 355 cm³/mol. The molecule has 0 spiro atoms. The van der Waals surface area contributed by atoms with Crippen LogP contribution >= 0.6 is 0 Å². The molecule has 0 saturated carbocycles. The van der Waals surface area contributed by atoms with Gasteiger partial charge in [-0.15, -0.1) is 0 Å². The molecule has 560 valence electrons. The van der Waals surface area contributed by atoms with Gasteiger partial charge in [0.25, 0.3) is 0 Å². The Morgan fingerprint density at radius 2 is 0.579 bits per heavy atom. The number of alkyl halides is 18. The number of rotatable bonds is 14. The molecule has 0 aliphatic carbocycles. The second kappa shape index (κ2) is 24.7. The van der Waals surface area contributed by atoms with Crippen molar-refractivity contribution in [3.05, 3.63) is 225 Å². The van der Waals surface area contributed by atoms with Crippen LogP contribution in [0.25, 0.3) is 78.4 Å². The Kier molecular flexibility index (Phi) is 17.5. The molecule has 0 fully saturated rings. The van der Waals surface area contributed by atoms with Gasteiger partial charge in [0.15, 0.2) is 22.3 Å². The van der Waals surface area contributed by atoms with Crippen molar-refractivity contribution < 1.29 is 116 Å². The minimum absolute atomic E-state index is 0.0488. The molecule has 4 aromatic heterocycles. The van der Waals surface area contributed by atoms with Gasteiger partial charge in [-0.3, -0.25) is 0 Å². The van der Waals surface area contributed by atoms with Gasteiger partial charge >= 0.3 is 49.0 Å². The topological polar surface area (TPSA) is 179 Å². The van der Waals surface area contributed by atoms with Gasteiger partial charge in [0.05, 0.1) is 16.5 Å². The van der Waals surface area contributed by atoms with E-state index in [1.54, 1.807) is 55.4 Å². The fraction of sp³-hybridized carbons (Fsp3) is 0.299. The summed E-state index contributed by atoms with van der Waals surface area (Å²) in [5.74, 6) is -4.59. The van der Waals surface area contributed by atoms with E-state index in [4.69, 9.17) is 17.7 Å². The molecule has 0 atom stereocenters. The van der Waals surface area contributed by atoms with Gasteiger partial charge in [0.1, 0.15) is 22.1 Å². The van der Waals surface area contributed by atoms with Crippen molar-refractivity contribution in [1.29, 1.82) is 0 Å². The molecule has 2 N–H and O–H groups in total. The zero-order valence-electron chi connectivity index (χ0n) is 57.4. The van der Waals surface area contributed by atoms with Gasteiger partial charge in [-0.25, -0.2) is 29.5 Å². The van der Waals surface area contributed by atoms with Crippen molar-refractivity contribution in [3.8, 4) is 34.0 Å². The summed E-state index contributed by atoms with van der Waals surface area (Å²) in [7, 11) is 0. The van der Waals surface area contributed by atoms with Crippen LogP contribution in [0, 0.1) is 0 Å². The summed E-state index contributed by atoms with van der Waals surface area (Å²) in [5.41, 5.74) is -30.9. The molecule has 0 radical (unpaired) electrons. The number of aromatic nitrogens is 4. The monoisotopic (exact) mass is 1510 g/mol. The van der Waals surface area contributed by atoms with Crippen LogP contribution in [-0.4, -0.2) is 79.1 Å². The Morgan fingerprint density at radius 3 is 0.953 bits per heavy atom. The number of benzene rings is 8. The molecular weight excluding hydrogens is 1450 g/mol. The van der Waals surface area contributed by atoms with Crippen LogP contribution in [0.3, 0.4) is 0 Å². The van der Waals surface area contributed by atoms with E-state index in [9.17, 15) is 19.8 Å². The van der Waals surface area contributed by atoms with Crippen molar-refractivity contribution >= 4 is 56.3 Å². The molecule has 12 nitrogen and oxygen atoms in total. The second-order valence-electron chi connectivity index (χ2n) is 29.1. The molecule has 0 aliphatic heterocycles. The quantitative estimate of drug-likeness (QED) is 0.0986. The van der Waals surface area contributed by atoms with Gasteiger partial charge in [-0.05, 0) is 140 Å². The fourth-order valence-corrected chi connectivity index (χ4v) is 13.6. The van der Waals surface area contributed by atoms with Crippen LogP contribution in [0.1, 0.15) is 146 Å². The highest BCUT2D eigenvalue weighted by Gasteiger charge is 2.75. The number of halogens is 18. The lowest BCUT2D eigenvalue weighted by Gasteiger charge is -2.40. The third-order valence-electron chi connectivity index (χ3n) is 20.1. The molecule has 8 aromatic carbocycles. The fourth-order valence-electron chi connectivity index (χ4n) is 13.6. The second-order valence-corrected chi connectivity index (χ2v) is 29.1. The van der Waals surface area contributed by atoms with Crippen LogP contribution < -0.4 is 0 Å². The Balaban J connectivity index is 0.850. The molecule has 0 amide bonds. The predicted octanol–water partition coefficient (Wildman–Crippen LogP) is 22.7. The number of hydrogen-bond acceptors (Lipinski definition) is 10. The van der Waals surface area contributed by atoms with E-state index >= 15 is 79.0 Å². The van der Waals surface area contributed by atoms with E-state index in [0.29, 0.717) is 66.2 Å². The lowest BCUT2D eigenvalue weighted by molar-refractivity contribution is -0.290. The zero-order chi connectivity index (χ0) is 78.7. The molecule has 4 heterocycles. The molecule has 12 rings (SSSR count). The van der Waals surface area contributed by atoms with E-state index in [0.717, 1.165) is 72.8 Å². The summed E-state index contributed by atoms with van der Waals surface area (Å²) < 4.78 is 301. The number of carboxylic acids is 2. The number of carboxylic acid groups (broad SMARTS) is 2.